The summed E-state index contributed by atoms with van der Waals surface area (Å²) < 4.78 is 10.0. The van der Waals surface area contributed by atoms with E-state index < -0.39 is 18.5 Å². The van der Waals surface area contributed by atoms with Gasteiger partial charge in [-0.2, -0.15) is 0 Å². The van der Waals surface area contributed by atoms with Crippen molar-refractivity contribution >= 4 is 40.8 Å². The molecule has 2 rings (SSSR count). The van der Waals surface area contributed by atoms with Crippen LogP contribution in [0, 0.1) is 0 Å². The zero-order valence-corrected chi connectivity index (χ0v) is 13.4. The number of hydrogen-bond acceptors (Lipinski definition) is 4. The molecule has 0 aliphatic rings. The second kappa shape index (κ2) is 8.41. The normalized spacial score (nSPS) is 10.0. The van der Waals surface area contributed by atoms with Crippen molar-refractivity contribution in [2.24, 2.45) is 0 Å². The predicted octanol–water partition coefficient (Wildman–Crippen LogP) is 3.55. The highest BCUT2D eigenvalue weighted by Crippen LogP contribution is 2.20. The van der Waals surface area contributed by atoms with E-state index in [0.717, 1.165) is 0 Å². The number of carbonyl (C=O) groups is 2. The zero-order chi connectivity index (χ0) is 16.7. The molecule has 0 saturated heterocycles. The fraction of sp³-hybridized carbons (Fsp3) is 0.125. The Kier molecular flexibility index (Phi) is 6.26. The van der Waals surface area contributed by atoms with Crippen LogP contribution in [0.3, 0.4) is 0 Å². The van der Waals surface area contributed by atoms with Crippen molar-refractivity contribution in [3.05, 3.63) is 58.6 Å². The number of esters is 1. The first kappa shape index (κ1) is 17.1. The van der Waals surface area contributed by atoms with E-state index in [2.05, 4.69) is 5.32 Å². The molecule has 7 heteroatoms. The van der Waals surface area contributed by atoms with Crippen molar-refractivity contribution in [1.82, 2.24) is 0 Å². The third-order valence-corrected chi connectivity index (χ3v) is 3.23. The molecule has 5 nitrogen and oxygen atoms in total. The maximum Gasteiger partial charge on any atom is 0.344 e. The van der Waals surface area contributed by atoms with E-state index in [1.807, 2.05) is 0 Å². The Morgan fingerprint density at radius 2 is 1.78 bits per heavy atom. The number of rotatable bonds is 6. The maximum atomic E-state index is 11.7. The van der Waals surface area contributed by atoms with Gasteiger partial charge in [0.15, 0.2) is 13.2 Å². The molecule has 1 N–H and O–H groups in total. The summed E-state index contributed by atoms with van der Waals surface area (Å²) in [5, 5.41) is 3.44. The number of nitrogens with one attached hydrogen (secondary N) is 1. The summed E-state index contributed by atoms with van der Waals surface area (Å²) in [6.07, 6.45) is 0. The standard InChI is InChI=1S/C16H13Cl2NO4/c17-11-4-3-5-12(8-11)22-10-16(21)23-9-15(20)19-14-7-2-1-6-13(14)18/h1-8H,9-10H2,(H,19,20). The third-order valence-electron chi connectivity index (χ3n) is 2.66. The smallest absolute Gasteiger partial charge is 0.344 e. The molecule has 0 aliphatic heterocycles. The molecule has 0 fully saturated rings. The maximum absolute atomic E-state index is 11.7. The van der Waals surface area contributed by atoms with Crippen LogP contribution in [-0.2, 0) is 14.3 Å². The molecule has 0 atom stereocenters. The Morgan fingerprint density at radius 3 is 2.52 bits per heavy atom. The van der Waals surface area contributed by atoms with E-state index >= 15 is 0 Å². The Hall–Kier alpha value is -2.24. The zero-order valence-electron chi connectivity index (χ0n) is 11.9. The van der Waals surface area contributed by atoms with Crippen LogP contribution in [-0.4, -0.2) is 25.1 Å². The number of halogens is 2. The summed E-state index contributed by atoms with van der Waals surface area (Å²) in [6.45, 7) is -0.747. The van der Waals surface area contributed by atoms with Crippen LogP contribution in [0.4, 0.5) is 5.69 Å². The number of carbonyl (C=O) groups excluding carboxylic acids is 2. The van der Waals surface area contributed by atoms with Crippen molar-refractivity contribution in [2.45, 2.75) is 0 Å². The van der Waals surface area contributed by atoms with Gasteiger partial charge in [0.2, 0.25) is 0 Å². The quantitative estimate of drug-likeness (QED) is 0.806. The summed E-state index contributed by atoms with van der Waals surface area (Å²) in [7, 11) is 0. The van der Waals surface area contributed by atoms with Gasteiger partial charge in [-0.05, 0) is 30.3 Å². The topological polar surface area (TPSA) is 64.6 Å². The van der Waals surface area contributed by atoms with Crippen LogP contribution < -0.4 is 10.1 Å². The minimum Gasteiger partial charge on any atom is -0.482 e. The average molecular weight is 354 g/mol. The van der Waals surface area contributed by atoms with Crippen molar-refractivity contribution in [3.8, 4) is 5.75 Å². The van der Waals surface area contributed by atoms with E-state index in [1.54, 1.807) is 48.5 Å². The molecule has 0 unspecified atom stereocenters. The van der Waals surface area contributed by atoms with Crippen molar-refractivity contribution in [2.75, 3.05) is 18.5 Å². The van der Waals surface area contributed by atoms with E-state index in [9.17, 15) is 9.59 Å². The Morgan fingerprint density at radius 1 is 1.00 bits per heavy atom. The summed E-state index contributed by atoms with van der Waals surface area (Å²) in [6, 6.07) is 13.4. The molecular weight excluding hydrogens is 341 g/mol. The number of hydrogen-bond donors (Lipinski definition) is 1. The molecule has 120 valence electrons. The molecule has 23 heavy (non-hydrogen) atoms. The highest BCUT2D eigenvalue weighted by molar-refractivity contribution is 6.33. The predicted molar refractivity (Wildman–Crippen MR) is 88.0 cm³/mol. The minimum atomic E-state index is -0.667. The molecule has 1 amide bonds. The second-order valence-electron chi connectivity index (χ2n) is 4.43. The average Bonchev–Trinajstić information content (AvgIpc) is 2.53. The van der Waals surface area contributed by atoms with Crippen LogP contribution in [0.25, 0.3) is 0 Å². The van der Waals surface area contributed by atoms with Gasteiger partial charge in [0, 0.05) is 5.02 Å². The lowest BCUT2D eigenvalue weighted by Gasteiger charge is -2.08. The summed E-state index contributed by atoms with van der Waals surface area (Å²) >= 11 is 11.7. The lowest BCUT2D eigenvalue weighted by atomic mass is 10.3. The van der Waals surface area contributed by atoms with E-state index in [1.165, 1.54) is 0 Å². The number of ether oxygens (including phenoxy) is 2. The van der Waals surface area contributed by atoms with E-state index in [-0.39, 0.29) is 6.61 Å². The molecule has 0 radical (unpaired) electrons. The van der Waals surface area contributed by atoms with E-state index in [0.29, 0.717) is 21.5 Å². The first-order valence-electron chi connectivity index (χ1n) is 6.63. The molecule has 0 heterocycles. The fourth-order valence-electron chi connectivity index (χ4n) is 1.64. The van der Waals surface area contributed by atoms with Crippen LogP contribution in [0.1, 0.15) is 0 Å². The van der Waals surface area contributed by atoms with Gasteiger partial charge >= 0.3 is 5.97 Å². The van der Waals surface area contributed by atoms with Gasteiger partial charge in [-0.1, -0.05) is 41.4 Å². The summed E-state index contributed by atoms with van der Waals surface area (Å²) in [5.74, 6) is -0.719. The molecule has 0 saturated carbocycles. The molecule has 0 spiro atoms. The van der Waals surface area contributed by atoms with Gasteiger partial charge in [-0.3, -0.25) is 4.79 Å². The number of benzene rings is 2. The molecule has 0 aromatic heterocycles. The summed E-state index contributed by atoms with van der Waals surface area (Å²) in [5.41, 5.74) is 0.449. The number of anilines is 1. The van der Waals surface area contributed by atoms with Crippen molar-refractivity contribution in [3.63, 3.8) is 0 Å². The second-order valence-corrected chi connectivity index (χ2v) is 5.28. The molecule has 0 bridgehead atoms. The highest BCUT2D eigenvalue weighted by atomic mass is 35.5. The van der Waals surface area contributed by atoms with Gasteiger partial charge < -0.3 is 14.8 Å². The first-order valence-corrected chi connectivity index (χ1v) is 7.38. The highest BCUT2D eigenvalue weighted by Gasteiger charge is 2.10. The molecule has 2 aromatic carbocycles. The first-order chi connectivity index (χ1) is 11.0. The number of amides is 1. The van der Waals surface area contributed by atoms with Crippen LogP contribution in [0.2, 0.25) is 10.0 Å². The lowest BCUT2D eigenvalue weighted by molar-refractivity contribution is -0.149. The SMILES string of the molecule is O=C(COC(=O)COc1cccc(Cl)c1)Nc1ccccc1Cl. The van der Waals surface area contributed by atoms with Gasteiger partial charge in [-0.15, -0.1) is 0 Å². The molecular formula is C16H13Cl2NO4. The van der Waals surface area contributed by atoms with E-state index in [4.69, 9.17) is 32.7 Å². The van der Waals surface area contributed by atoms with Crippen LogP contribution >= 0.6 is 23.2 Å². The van der Waals surface area contributed by atoms with Gasteiger partial charge in [-0.25, -0.2) is 4.79 Å². The van der Waals surface area contributed by atoms with Gasteiger partial charge in [0.1, 0.15) is 5.75 Å². The fourth-order valence-corrected chi connectivity index (χ4v) is 2.00. The van der Waals surface area contributed by atoms with Crippen LogP contribution in [0.5, 0.6) is 5.75 Å². The summed E-state index contributed by atoms with van der Waals surface area (Å²) in [4.78, 5) is 23.2. The Labute approximate surface area is 143 Å². The van der Waals surface area contributed by atoms with Gasteiger partial charge in [0.05, 0.1) is 10.7 Å². The largest absolute Gasteiger partial charge is 0.482 e. The van der Waals surface area contributed by atoms with Crippen molar-refractivity contribution in [1.29, 1.82) is 0 Å². The Balaban J connectivity index is 1.74. The molecule has 0 aliphatic carbocycles. The minimum absolute atomic E-state index is 0.320. The molecule has 2 aromatic rings. The Bertz CT molecular complexity index is 706. The third kappa shape index (κ3) is 5.81. The van der Waals surface area contributed by atoms with Crippen molar-refractivity contribution < 1.29 is 19.1 Å². The number of para-hydroxylation sites is 1. The monoisotopic (exact) mass is 353 g/mol. The van der Waals surface area contributed by atoms with Crippen LogP contribution in [0.15, 0.2) is 48.5 Å². The lowest BCUT2D eigenvalue weighted by Crippen LogP contribution is -2.23. The van der Waals surface area contributed by atoms with Gasteiger partial charge in [0.25, 0.3) is 5.91 Å².